The van der Waals surface area contributed by atoms with Gasteiger partial charge in [-0.3, -0.25) is 4.79 Å². The number of furan rings is 1. The van der Waals surface area contributed by atoms with Crippen molar-refractivity contribution in [1.82, 2.24) is 4.90 Å². The summed E-state index contributed by atoms with van der Waals surface area (Å²) in [7, 11) is 0. The summed E-state index contributed by atoms with van der Waals surface area (Å²) >= 11 is 3.28. The van der Waals surface area contributed by atoms with E-state index in [1.54, 1.807) is 11.0 Å². The lowest BCUT2D eigenvalue weighted by molar-refractivity contribution is 0.0707. The molecular formula is C10H14BrClN2O2. The molecule has 2 rings (SSSR count). The lowest BCUT2D eigenvalue weighted by Crippen LogP contribution is -2.39. The van der Waals surface area contributed by atoms with Gasteiger partial charge in [0, 0.05) is 19.1 Å². The Morgan fingerprint density at radius 1 is 1.69 bits per heavy atom. The largest absolute Gasteiger partial charge is 0.458 e. The maximum absolute atomic E-state index is 12.0. The molecule has 1 amide bonds. The number of rotatable bonds is 2. The third kappa shape index (κ3) is 2.42. The van der Waals surface area contributed by atoms with Gasteiger partial charge >= 0.3 is 0 Å². The Morgan fingerprint density at radius 2 is 2.44 bits per heavy atom. The van der Waals surface area contributed by atoms with Crippen molar-refractivity contribution >= 4 is 34.2 Å². The third-order valence-corrected chi connectivity index (χ3v) is 3.35. The second-order valence-corrected chi connectivity index (χ2v) is 4.48. The van der Waals surface area contributed by atoms with E-state index in [0.717, 1.165) is 19.4 Å². The number of nitrogens with zero attached hydrogens (tertiary/aromatic N) is 1. The average molecular weight is 310 g/mol. The molecule has 1 aromatic heterocycles. The minimum atomic E-state index is -0.0696. The van der Waals surface area contributed by atoms with Gasteiger partial charge in [0.1, 0.15) is 0 Å². The predicted molar refractivity (Wildman–Crippen MR) is 66.8 cm³/mol. The topological polar surface area (TPSA) is 59.5 Å². The summed E-state index contributed by atoms with van der Waals surface area (Å²) in [4.78, 5) is 13.8. The maximum Gasteiger partial charge on any atom is 0.291 e. The van der Waals surface area contributed by atoms with Gasteiger partial charge < -0.3 is 15.1 Å². The molecule has 1 aliphatic rings. The van der Waals surface area contributed by atoms with Crippen LogP contribution in [0.4, 0.5) is 0 Å². The average Bonchev–Trinajstić information content (AvgIpc) is 2.84. The Balaban J connectivity index is 0.00000128. The fourth-order valence-electron chi connectivity index (χ4n) is 1.92. The van der Waals surface area contributed by atoms with Gasteiger partial charge in [0.05, 0.1) is 10.7 Å². The molecule has 6 heteroatoms. The Kier molecular flexibility index (Phi) is 4.83. The lowest BCUT2D eigenvalue weighted by Gasteiger charge is -2.22. The molecule has 2 N–H and O–H groups in total. The van der Waals surface area contributed by atoms with Crippen molar-refractivity contribution in [3.05, 3.63) is 22.6 Å². The van der Waals surface area contributed by atoms with Crippen LogP contribution in [0.1, 0.15) is 23.4 Å². The van der Waals surface area contributed by atoms with Crippen molar-refractivity contribution in [3.8, 4) is 0 Å². The number of halogens is 2. The third-order valence-electron chi connectivity index (χ3n) is 2.72. The number of hydrogen-bond donors (Lipinski definition) is 1. The van der Waals surface area contributed by atoms with E-state index >= 15 is 0 Å². The van der Waals surface area contributed by atoms with Crippen LogP contribution in [0.3, 0.4) is 0 Å². The quantitative estimate of drug-likeness (QED) is 0.909. The fourth-order valence-corrected chi connectivity index (χ4v) is 2.30. The molecule has 1 unspecified atom stereocenters. The molecule has 2 heterocycles. The van der Waals surface area contributed by atoms with Gasteiger partial charge in [-0.05, 0) is 34.8 Å². The van der Waals surface area contributed by atoms with Crippen molar-refractivity contribution in [2.75, 3.05) is 13.1 Å². The van der Waals surface area contributed by atoms with Crippen molar-refractivity contribution in [2.45, 2.75) is 18.9 Å². The van der Waals surface area contributed by atoms with Crippen LogP contribution >= 0.6 is 28.3 Å². The molecule has 90 valence electrons. The van der Waals surface area contributed by atoms with Crippen LogP contribution in [-0.4, -0.2) is 29.9 Å². The van der Waals surface area contributed by atoms with Gasteiger partial charge in [-0.25, -0.2) is 0 Å². The standard InChI is InChI=1S/C10H13BrN2O2.ClH/c11-8-3-5-15-9(8)10(14)13-4-1-2-7(13)6-12;/h3,5,7H,1-2,4,6,12H2;1H. The minimum absolute atomic E-state index is 0. The molecule has 1 aromatic rings. The highest BCUT2D eigenvalue weighted by molar-refractivity contribution is 9.10. The number of hydrogen-bond acceptors (Lipinski definition) is 3. The number of nitrogens with two attached hydrogens (primary N) is 1. The molecule has 16 heavy (non-hydrogen) atoms. The zero-order valence-electron chi connectivity index (χ0n) is 8.69. The lowest BCUT2D eigenvalue weighted by atomic mass is 10.2. The molecule has 1 aliphatic heterocycles. The van der Waals surface area contributed by atoms with Crippen LogP contribution < -0.4 is 5.73 Å². The summed E-state index contributed by atoms with van der Waals surface area (Å²) in [6, 6.07) is 1.88. The van der Waals surface area contributed by atoms with Crippen LogP contribution in [0.5, 0.6) is 0 Å². The van der Waals surface area contributed by atoms with Crippen molar-refractivity contribution in [1.29, 1.82) is 0 Å². The van der Waals surface area contributed by atoms with Gasteiger partial charge in [-0.1, -0.05) is 0 Å². The highest BCUT2D eigenvalue weighted by Crippen LogP contribution is 2.24. The van der Waals surface area contributed by atoms with Gasteiger partial charge in [-0.15, -0.1) is 12.4 Å². The smallest absolute Gasteiger partial charge is 0.291 e. The highest BCUT2D eigenvalue weighted by atomic mass is 79.9. The molecule has 4 nitrogen and oxygen atoms in total. The van der Waals surface area contributed by atoms with Gasteiger partial charge in [0.15, 0.2) is 0 Å². The number of carbonyl (C=O) groups is 1. The Hall–Kier alpha value is -0.520. The van der Waals surface area contributed by atoms with E-state index in [4.69, 9.17) is 10.2 Å². The molecule has 0 aromatic carbocycles. The zero-order valence-corrected chi connectivity index (χ0v) is 11.1. The maximum atomic E-state index is 12.0. The molecule has 0 radical (unpaired) electrons. The molecule has 1 fully saturated rings. The van der Waals surface area contributed by atoms with Crippen LogP contribution in [0.15, 0.2) is 21.2 Å². The molecule has 0 aliphatic carbocycles. The molecule has 1 atom stereocenters. The second kappa shape index (κ2) is 5.70. The van der Waals surface area contributed by atoms with Crippen LogP contribution in [0, 0.1) is 0 Å². The van der Waals surface area contributed by atoms with E-state index in [1.165, 1.54) is 6.26 Å². The van der Waals surface area contributed by atoms with Gasteiger partial charge in [0.25, 0.3) is 5.91 Å². The Morgan fingerprint density at radius 3 is 3.00 bits per heavy atom. The molecule has 0 bridgehead atoms. The zero-order chi connectivity index (χ0) is 10.8. The van der Waals surface area contributed by atoms with E-state index in [9.17, 15) is 4.79 Å². The van der Waals surface area contributed by atoms with E-state index in [1.807, 2.05) is 0 Å². The van der Waals surface area contributed by atoms with E-state index in [0.29, 0.717) is 16.8 Å². The van der Waals surface area contributed by atoms with Crippen molar-refractivity contribution in [2.24, 2.45) is 5.73 Å². The number of likely N-dealkylation sites (tertiary alicyclic amines) is 1. The predicted octanol–water partition coefficient (Wildman–Crippen LogP) is 2.03. The summed E-state index contributed by atoms with van der Waals surface area (Å²) in [5, 5.41) is 0. The number of amides is 1. The first-order valence-corrected chi connectivity index (χ1v) is 5.77. The monoisotopic (exact) mass is 308 g/mol. The summed E-state index contributed by atoms with van der Waals surface area (Å²) in [6.07, 6.45) is 3.51. The van der Waals surface area contributed by atoms with Crippen molar-refractivity contribution in [3.63, 3.8) is 0 Å². The molecule has 1 saturated heterocycles. The summed E-state index contributed by atoms with van der Waals surface area (Å²) in [6.45, 7) is 1.29. The first-order chi connectivity index (χ1) is 7.24. The minimum Gasteiger partial charge on any atom is -0.458 e. The Bertz CT molecular complexity index is 369. The molecule has 0 spiro atoms. The van der Waals surface area contributed by atoms with E-state index < -0.39 is 0 Å². The second-order valence-electron chi connectivity index (χ2n) is 3.63. The fraction of sp³-hybridized carbons (Fsp3) is 0.500. The first-order valence-electron chi connectivity index (χ1n) is 4.98. The van der Waals surface area contributed by atoms with Crippen molar-refractivity contribution < 1.29 is 9.21 Å². The molecular weight excluding hydrogens is 295 g/mol. The first kappa shape index (κ1) is 13.5. The van der Waals surface area contributed by atoms with Crippen LogP contribution in [0.25, 0.3) is 0 Å². The van der Waals surface area contributed by atoms with Gasteiger partial charge in [-0.2, -0.15) is 0 Å². The normalized spacial score (nSPS) is 19.6. The van der Waals surface area contributed by atoms with Crippen LogP contribution in [-0.2, 0) is 0 Å². The van der Waals surface area contributed by atoms with E-state index in [-0.39, 0.29) is 24.4 Å². The molecule has 0 saturated carbocycles. The summed E-state index contributed by atoms with van der Waals surface area (Å²) in [5.41, 5.74) is 5.62. The number of carbonyl (C=O) groups excluding carboxylic acids is 1. The van der Waals surface area contributed by atoms with E-state index in [2.05, 4.69) is 15.9 Å². The van der Waals surface area contributed by atoms with Crippen LogP contribution in [0.2, 0.25) is 0 Å². The summed E-state index contributed by atoms with van der Waals surface area (Å²) in [5.74, 6) is 0.301. The highest BCUT2D eigenvalue weighted by Gasteiger charge is 2.30. The Labute approximate surface area is 109 Å². The van der Waals surface area contributed by atoms with Gasteiger partial charge in [0.2, 0.25) is 5.76 Å². The SMILES string of the molecule is Cl.NCC1CCCN1C(=O)c1occc1Br. The summed E-state index contributed by atoms with van der Waals surface area (Å²) < 4.78 is 5.86.